The van der Waals surface area contributed by atoms with Crippen molar-refractivity contribution in [3.8, 4) is 22.8 Å². The van der Waals surface area contributed by atoms with Crippen molar-refractivity contribution in [2.24, 2.45) is 0 Å². The summed E-state index contributed by atoms with van der Waals surface area (Å²) in [7, 11) is 3.35. The molecule has 168 valence electrons. The molecule has 32 heavy (non-hydrogen) atoms. The van der Waals surface area contributed by atoms with E-state index in [1.807, 2.05) is 0 Å². The Labute approximate surface area is 197 Å². The quantitative estimate of drug-likeness (QED) is 0.373. The Kier molecular flexibility index (Phi) is 6.22. The van der Waals surface area contributed by atoms with Gasteiger partial charge in [-0.25, -0.2) is 4.98 Å². The molecule has 0 spiro atoms. The fraction of sp³-hybridized carbons (Fsp3) is 0.400. The summed E-state index contributed by atoms with van der Waals surface area (Å²) >= 11 is 3.64. The molecule has 1 aromatic heterocycles. The lowest BCUT2D eigenvalue weighted by Gasteiger charge is -2.26. The molecule has 2 aromatic carbocycles. The Morgan fingerprint density at radius 1 is 1.09 bits per heavy atom. The van der Waals surface area contributed by atoms with Crippen molar-refractivity contribution in [3.63, 3.8) is 0 Å². The highest BCUT2D eigenvalue weighted by Crippen LogP contribution is 2.46. The number of hydrogen-bond donors (Lipinski definition) is 1. The maximum atomic E-state index is 5.56. The number of methoxy groups -OCH3 is 2. The van der Waals surface area contributed by atoms with Crippen LogP contribution in [0.4, 0.5) is 5.69 Å². The van der Waals surface area contributed by atoms with Crippen LogP contribution in [0.25, 0.3) is 22.2 Å². The molecule has 2 heterocycles. The van der Waals surface area contributed by atoms with Gasteiger partial charge in [0.15, 0.2) is 11.5 Å². The van der Waals surface area contributed by atoms with Crippen LogP contribution in [0.1, 0.15) is 17.5 Å². The second kappa shape index (κ2) is 9.25. The highest BCUT2D eigenvalue weighted by atomic mass is 79.9. The van der Waals surface area contributed by atoms with E-state index in [4.69, 9.17) is 19.2 Å². The lowest BCUT2D eigenvalue weighted by atomic mass is 10.1. The average molecular weight is 498 g/mol. The number of aromatic nitrogens is 1. The van der Waals surface area contributed by atoms with Crippen LogP contribution in [0.15, 0.2) is 34.8 Å². The molecule has 5 rings (SSSR count). The molecule has 6 nitrogen and oxygen atoms in total. The summed E-state index contributed by atoms with van der Waals surface area (Å²) in [6.45, 7) is 5.74. The van der Waals surface area contributed by atoms with Crippen molar-refractivity contribution < 1.29 is 14.2 Å². The van der Waals surface area contributed by atoms with E-state index in [2.05, 4.69) is 56.5 Å². The number of nitrogens with one attached hydrogen (secondary N) is 1. The Morgan fingerprint density at radius 2 is 1.88 bits per heavy atom. The van der Waals surface area contributed by atoms with Crippen molar-refractivity contribution in [2.45, 2.75) is 12.8 Å². The molecule has 0 bridgehead atoms. The lowest BCUT2D eigenvalue weighted by molar-refractivity contribution is 0.0378. The Morgan fingerprint density at radius 3 is 2.66 bits per heavy atom. The summed E-state index contributed by atoms with van der Waals surface area (Å²) in [5.41, 5.74) is 6.79. The zero-order valence-corrected chi connectivity index (χ0v) is 20.1. The van der Waals surface area contributed by atoms with E-state index in [0.717, 1.165) is 90.4 Å². The number of rotatable bonds is 7. The fourth-order valence-corrected chi connectivity index (χ4v) is 5.05. The van der Waals surface area contributed by atoms with Crippen molar-refractivity contribution in [2.75, 3.05) is 58.9 Å². The zero-order valence-electron chi connectivity index (χ0n) is 18.5. The van der Waals surface area contributed by atoms with E-state index in [0.29, 0.717) is 0 Å². The van der Waals surface area contributed by atoms with Crippen LogP contribution in [-0.4, -0.2) is 63.5 Å². The van der Waals surface area contributed by atoms with Gasteiger partial charge < -0.3 is 19.5 Å². The van der Waals surface area contributed by atoms with Gasteiger partial charge in [0.1, 0.15) is 0 Å². The van der Waals surface area contributed by atoms with Crippen molar-refractivity contribution in [3.05, 3.63) is 45.9 Å². The highest BCUT2D eigenvalue weighted by molar-refractivity contribution is 9.10. The van der Waals surface area contributed by atoms with Gasteiger partial charge in [-0.15, -0.1) is 0 Å². The van der Waals surface area contributed by atoms with Gasteiger partial charge in [-0.3, -0.25) is 4.90 Å². The molecule has 1 N–H and O–H groups in total. The summed E-state index contributed by atoms with van der Waals surface area (Å²) in [6.07, 6.45) is 1.91. The van der Waals surface area contributed by atoms with Gasteiger partial charge in [-0.2, -0.15) is 0 Å². The molecule has 2 aliphatic rings. The fourth-order valence-electron chi connectivity index (χ4n) is 4.69. The Balaban J connectivity index is 1.48. The van der Waals surface area contributed by atoms with Gasteiger partial charge in [0, 0.05) is 52.7 Å². The average Bonchev–Trinajstić information content (AvgIpc) is 3.18. The number of nitrogens with zero attached hydrogens (tertiary/aromatic N) is 2. The van der Waals surface area contributed by atoms with E-state index in [1.165, 1.54) is 16.8 Å². The van der Waals surface area contributed by atoms with Gasteiger partial charge in [0.2, 0.25) is 0 Å². The molecule has 0 unspecified atom stereocenters. The summed E-state index contributed by atoms with van der Waals surface area (Å²) < 4.78 is 17.6. The van der Waals surface area contributed by atoms with Gasteiger partial charge in [0.25, 0.3) is 0 Å². The Hall–Kier alpha value is -2.35. The van der Waals surface area contributed by atoms with Crippen molar-refractivity contribution in [1.82, 2.24) is 9.88 Å². The van der Waals surface area contributed by atoms with E-state index < -0.39 is 0 Å². The molecule has 1 fully saturated rings. The third-order valence-corrected chi connectivity index (χ3v) is 6.83. The molecule has 0 atom stereocenters. The normalized spacial score (nSPS) is 15.5. The first-order chi connectivity index (χ1) is 15.7. The lowest BCUT2D eigenvalue weighted by Crippen LogP contribution is -2.37. The molecule has 1 saturated heterocycles. The van der Waals surface area contributed by atoms with Crippen molar-refractivity contribution in [1.29, 1.82) is 0 Å². The molecule has 3 aromatic rings. The van der Waals surface area contributed by atoms with Crippen LogP contribution >= 0.6 is 15.9 Å². The highest BCUT2D eigenvalue weighted by Gasteiger charge is 2.27. The minimum Gasteiger partial charge on any atom is -0.493 e. The largest absolute Gasteiger partial charge is 0.493 e. The minimum atomic E-state index is 0.733. The second-order valence-corrected chi connectivity index (χ2v) is 9.17. The van der Waals surface area contributed by atoms with Gasteiger partial charge in [0.05, 0.1) is 38.6 Å². The SMILES string of the molecule is COc1cc2c(cc1OC)-c1nc3ccc(Br)cc3c(NCCCN3CCOCC3)c1C2. The number of ether oxygens (including phenoxy) is 3. The van der Waals surface area contributed by atoms with Crippen LogP contribution in [-0.2, 0) is 11.2 Å². The first-order valence-corrected chi connectivity index (χ1v) is 11.9. The predicted molar refractivity (Wildman–Crippen MR) is 131 cm³/mol. The van der Waals surface area contributed by atoms with Crippen molar-refractivity contribution >= 4 is 32.5 Å². The number of anilines is 1. The van der Waals surface area contributed by atoms with E-state index >= 15 is 0 Å². The van der Waals surface area contributed by atoms with E-state index in [9.17, 15) is 0 Å². The third-order valence-electron chi connectivity index (χ3n) is 6.34. The maximum Gasteiger partial charge on any atom is 0.161 e. The van der Waals surface area contributed by atoms with Gasteiger partial charge in [-0.05, 0) is 48.9 Å². The first kappa shape index (κ1) is 21.5. The molecule has 1 aliphatic heterocycles. The van der Waals surface area contributed by atoms with E-state index in [-0.39, 0.29) is 0 Å². The summed E-state index contributed by atoms with van der Waals surface area (Å²) in [5.74, 6) is 1.49. The van der Waals surface area contributed by atoms with Crippen LogP contribution in [0.5, 0.6) is 11.5 Å². The topological polar surface area (TPSA) is 55.9 Å². The summed E-state index contributed by atoms with van der Waals surface area (Å²) in [6, 6.07) is 10.4. The number of hydrogen-bond acceptors (Lipinski definition) is 6. The summed E-state index contributed by atoms with van der Waals surface area (Å²) in [5, 5.41) is 4.91. The number of pyridine rings is 1. The minimum absolute atomic E-state index is 0.733. The zero-order chi connectivity index (χ0) is 22.1. The number of benzene rings is 2. The standard InChI is InChI=1S/C25H28BrN3O3/c1-30-22-13-16-12-20-24(27-6-3-7-29-8-10-32-11-9-29)19-14-17(26)4-5-21(19)28-25(20)18(16)15-23(22)31-2/h4-5,13-15H,3,6-12H2,1-2H3,(H,27,28). The van der Waals surface area contributed by atoms with Crippen LogP contribution in [0.3, 0.4) is 0 Å². The molecule has 0 saturated carbocycles. The first-order valence-electron chi connectivity index (χ1n) is 11.1. The van der Waals surface area contributed by atoms with Gasteiger partial charge in [-0.1, -0.05) is 15.9 Å². The molecule has 0 amide bonds. The summed E-state index contributed by atoms with van der Waals surface area (Å²) in [4.78, 5) is 7.53. The molecular weight excluding hydrogens is 470 g/mol. The number of morpholine rings is 1. The van der Waals surface area contributed by atoms with Gasteiger partial charge >= 0.3 is 0 Å². The predicted octanol–water partition coefficient (Wildman–Crippen LogP) is 4.72. The number of halogens is 1. The molecule has 1 aliphatic carbocycles. The van der Waals surface area contributed by atoms with Crippen LogP contribution in [0.2, 0.25) is 0 Å². The second-order valence-electron chi connectivity index (χ2n) is 8.25. The van der Waals surface area contributed by atoms with Crippen LogP contribution < -0.4 is 14.8 Å². The Bertz CT molecular complexity index is 1150. The maximum absolute atomic E-state index is 5.56. The monoisotopic (exact) mass is 497 g/mol. The van der Waals surface area contributed by atoms with E-state index in [1.54, 1.807) is 14.2 Å². The molecule has 0 radical (unpaired) electrons. The smallest absolute Gasteiger partial charge is 0.161 e. The third kappa shape index (κ3) is 4.05. The molecular formula is C25H28BrN3O3. The number of fused-ring (bicyclic) bond motifs is 4. The molecule has 7 heteroatoms. The van der Waals surface area contributed by atoms with Crippen LogP contribution in [0, 0.1) is 0 Å².